The minimum absolute atomic E-state index is 0.677. The summed E-state index contributed by atoms with van der Waals surface area (Å²) in [7, 11) is -0.677. The lowest BCUT2D eigenvalue weighted by molar-refractivity contribution is 0.881. The summed E-state index contributed by atoms with van der Waals surface area (Å²) >= 11 is 0. The maximum absolute atomic E-state index is 4.32. The number of hydrogen-bond acceptors (Lipinski definition) is 2. The van der Waals surface area contributed by atoms with Crippen molar-refractivity contribution >= 4 is 24.4 Å². The van der Waals surface area contributed by atoms with Gasteiger partial charge in [-0.3, -0.25) is 0 Å². The van der Waals surface area contributed by atoms with Crippen molar-refractivity contribution in [2.75, 3.05) is 5.09 Å². The summed E-state index contributed by atoms with van der Waals surface area (Å²) in [5, 5.41) is 10.7. The van der Waals surface area contributed by atoms with Gasteiger partial charge in [-0.15, -0.1) is 0 Å². The Balaban J connectivity index is 1.69. The molecule has 0 aliphatic heterocycles. The van der Waals surface area contributed by atoms with Crippen LogP contribution < -0.4 is 15.7 Å². The van der Waals surface area contributed by atoms with Crippen LogP contribution in [0.3, 0.4) is 0 Å². The molecule has 4 heteroatoms. The van der Waals surface area contributed by atoms with Gasteiger partial charge in [0.25, 0.3) is 0 Å². The Morgan fingerprint density at radius 1 is 0.720 bits per heavy atom. The Morgan fingerprint density at radius 3 is 2.00 bits per heavy atom. The Morgan fingerprint density at radius 2 is 1.40 bits per heavy atom. The minimum Gasteiger partial charge on any atom is -0.357 e. The third-order valence-corrected chi connectivity index (χ3v) is 6.00. The molecule has 0 radical (unpaired) electrons. The van der Waals surface area contributed by atoms with Crippen LogP contribution in [0.15, 0.2) is 103 Å². The van der Waals surface area contributed by atoms with E-state index in [-0.39, 0.29) is 0 Å². The molecule has 4 rings (SSSR count). The number of anilines is 1. The fraction of sp³-hybridized carbons (Fsp3) is 0. The number of aromatic nitrogens is 2. The molecule has 0 unspecified atom stereocenters. The first kappa shape index (κ1) is 15.6. The predicted octanol–water partition coefficient (Wildman–Crippen LogP) is 4.33. The lowest BCUT2D eigenvalue weighted by Gasteiger charge is -2.21. The van der Waals surface area contributed by atoms with E-state index in [4.69, 9.17) is 0 Å². The molecule has 3 nitrogen and oxygen atoms in total. The van der Waals surface area contributed by atoms with Gasteiger partial charge in [0.05, 0.1) is 13.8 Å². The average molecular weight is 343 g/mol. The molecule has 122 valence electrons. The molecule has 0 aliphatic carbocycles. The van der Waals surface area contributed by atoms with Crippen LogP contribution in [-0.2, 0) is 0 Å². The average Bonchev–Trinajstić information content (AvgIpc) is 3.23. The molecular formula is C21H18N3P. The van der Waals surface area contributed by atoms with Crippen LogP contribution in [0.2, 0.25) is 0 Å². The second kappa shape index (κ2) is 7.33. The Kier molecular flexibility index (Phi) is 4.58. The van der Waals surface area contributed by atoms with Gasteiger partial charge in [-0.2, -0.15) is 5.10 Å². The summed E-state index contributed by atoms with van der Waals surface area (Å²) in [5.41, 5.74) is 2.14. The van der Waals surface area contributed by atoms with Gasteiger partial charge in [0.1, 0.15) is 0 Å². The molecule has 0 amide bonds. The van der Waals surface area contributed by atoms with E-state index >= 15 is 0 Å². The molecule has 0 bridgehead atoms. The SMILES string of the molecule is c1ccc(P(Nc2cccc(-n3cccn3)c2)c2ccccc2)cc1. The molecule has 1 heterocycles. The lowest BCUT2D eigenvalue weighted by atomic mass is 10.3. The van der Waals surface area contributed by atoms with Crippen LogP contribution in [0.1, 0.15) is 0 Å². The van der Waals surface area contributed by atoms with Gasteiger partial charge >= 0.3 is 0 Å². The van der Waals surface area contributed by atoms with Gasteiger partial charge in [0.2, 0.25) is 0 Å². The van der Waals surface area contributed by atoms with E-state index in [0.29, 0.717) is 0 Å². The highest BCUT2D eigenvalue weighted by atomic mass is 31.1. The molecule has 0 spiro atoms. The van der Waals surface area contributed by atoms with Gasteiger partial charge in [-0.05, 0) is 24.3 Å². The van der Waals surface area contributed by atoms with Crippen molar-refractivity contribution in [3.05, 3.63) is 103 Å². The summed E-state index contributed by atoms with van der Waals surface area (Å²) in [6.07, 6.45) is 3.75. The molecule has 4 aromatic rings. The van der Waals surface area contributed by atoms with Gasteiger partial charge in [-0.1, -0.05) is 66.7 Å². The van der Waals surface area contributed by atoms with E-state index < -0.39 is 8.07 Å². The van der Waals surface area contributed by atoms with Crippen LogP contribution in [0.4, 0.5) is 5.69 Å². The van der Waals surface area contributed by atoms with E-state index in [0.717, 1.165) is 11.4 Å². The second-order valence-corrected chi connectivity index (χ2v) is 7.55. The first-order valence-electron chi connectivity index (χ1n) is 8.17. The van der Waals surface area contributed by atoms with E-state index in [2.05, 4.69) is 95.1 Å². The standard InChI is InChI=1S/C21H18N3P/c1-3-11-20(12-4-1)25(21-13-5-2-6-14-21)23-18-9-7-10-19(17-18)24-16-8-15-22-24/h1-17,23H. The molecule has 1 N–H and O–H groups in total. The maximum atomic E-state index is 4.32. The molecule has 25 heavy (non-hydrogen) atoms. The van der Waals surface area contributed by atoms with Crippen LogP contribution in [0, 0.1) is 0 Å². The Bertz CT molecular complexity index is 882. The summed E-state index contributed by atoms with van der Waals surface area (Å²) in [5.74, 6) is 0. The highest BCUT2D eigenvalue weighted by Gasteiger charge is 2.14. The highest BCUT2D eigenvalue weighted by Crippen LogP contribution is 2.34. The van der Waals surface area contributed by atoms with Crippen molar-refractivity contribution in [3.63, 3.8) is 0 Å². The number of rotatable bonds is 5. The molecule has 1 aromatic heterocycles. The number of nitrogens with one attached hydrogen (secondary N) is 1. The third-order valence-electron chi connectivity index (χ3n) is 3.88. The zero-order chi connectivity index (χ0) is 16.9. The molecule has 0 saturated heterocycles. The van der Waals surface area contributed by atoms with Crippen molar-refractivity contribution in [3.8, 4) is 5.69 Å². The van der Waals surface area contributed by atoms with Crippen molar-refractivity contribution < 1.29 is 0 Å². The third kappa shape index (κ3) is 3.62. The number of hydrogen-bond donors (Lipinski definition) is 1. The van der Waals surface area contributed by atoms with Gasteiger partial charge in [-0.25, -0.2) is 4.68 Å². The normalized spacial score (nSPS) is 10.8. The monoisotopic (exact) mass is 343 g/mol. The van der Waals surface area contributed by atoms with Crippen molar-refractivity contribution in [1.29, 1.82) is 0 Å². The quantitative estimate of drug-likeness (QED) is 0.547. The number of benzene rings is 3. The maximum Gasteiger partial charge on any atom is 0.0666 e. The summed E-state index contributed by atoms with van der Waals surface area (Å²) in [6.45, 7) is 0. The fourth-order valence-electron chi connectivity index (χ4n) is 2.70. The molecular weight excluding hydrogens is 325 g/mol. The highest BCUT2D eigenvalue weighted by molar-refractivity contribution is 7.74. The van der Waals surface area contributed by atoms with Crippen molar-refractivity contribution in [2.45, 2.75) is 0 Å². The smallest absolute Gasteiger partial charge is 0.0666 e. The van der Waals surface area contributed by atoms with Crippen LogP contribution in [0.5, 0.6) is 0 Å². The summed E-state index contributed by atoms with van der Waals surface area (Å²) in [6, 6.07) is 31.5. The molecule has 0 aliphatic rings. The lowest BCUT2D eigenvalue weighted by Crippen LogP contribution is -2.17. The van der Waals surface area contributed by atoms with Gasteiger partial charge in [0, 0.05) is 28.7 Å². The molecule has 0 fully saturated rings. The number of nitrogens with zero attached hydrogens (tertiary/aromatic N) is 2. The van der Waals surface area contributed by atoms with E-state index in [1.165, 1.54) is 10.6 Å². The van der Waals surface area contributed by atoms with Crippen molar-refractivity contribution in [1.82, 2.24) is 9.78 Å². The van der Waals surface area contributed by atoms with E-state index in [1.807, 2.05) is 16.9 Å². The summed E-state index contributed by atoms with van der Waals surface area (Å²) in [4.78, 5) is 0. The summed E-state index contributed by atoms with van der Waals surface area (Å²) < 4.78 is 1.87. The van der Waals surface area contributed by atoms with Crippen LogP contribution in [0.25, 0.3) is 5.69 Å². The molecule has 3 aromatic carbocycles. The van der Waals surface area contributed by atoms with Crippen molar-refractivity contribution in [2.24, 2.45) is 0 Å². The fourth-order valence-corrected chi connectivity index (χ4v) is 4.60. The van der Waals surface area contributed by atoms with Crippen LogP contribution in [-0.4, -0.2) is 9.78 Å². The minimum atomic E-state index is -0.677. The molecule has 0 atom stereocenters. The van der Waals surface area contributed by atoms with E-state index in [1.54, 1.807) is 6.20 Å². The first-order chi connectivity index (χ1) is 12.4. The van der Waals surface area contributed by atoms with Gasteiger partial charge in [0.15, 0.2) is 0 Å². The second-order valence-electron chi connectivity index (χ2n) is 5.62. The molecule has 0 saturated carbocycles. The van der Waals surface area contributed by atoms with Gasteiger partial charge < -0.3 is 5.09 Å². The predicted molar refractivity (Wildman–Crippen MR) is 106 cm³/mol. The zero-order valence-corrected chi connectivity index (χ0v) is 14.6. The van der Waals surface area contributed by atoms with Crippen LogP contribution >= 0.6 is 8.07 Å². The first-order valence-corrected chi connectivity index (χ1v) is 9.51. The topological polar surface area (TPSA) is 29.9 Å². The zero-order valence-electron chi connectivity index (χ0n) is 13.7. The Labute approximate surface area is 148 Å². The largest absolute Gasteiger partial charge is 0.357 e. The Hall–Kier alpha value is -2.90. The van der Waals surface area contributed by atoms with E-state index in [9.17, 15) is 0 Å².